The molecule has 0 saturated carbocycles. The minimum atomic E-state index is 0.288. The summed E-state index contributed by atoms with van der Waals surface area (Å²) >= 11 is 8.57. The third-order valence-corrected chi connectivity index (χ3v) is 6.59. The molecule has 0 saturated heterocycles. The predicted molar refractivity (Wildman–Crippen MR) is 89.1 cm³/mol. The van der Waals surface area contributed by atoms with Gasteiger partial charge in [-0.25, -0.2) is 4.98 Å². The fourth-order valence-corrected chi connectivity index (χ4v) is 4.45. The van der Waals surface area contributed by atoms with Crippen molar-refractivity contribution >= 4 is 43.2 Å². The molecular formula is C14H16Br2N2OS. The molecule has 0 fully saturated rings. The van der Waals surface area contributed by atoms with Gasteiger partial charge in [-0.15, -0.1) is 11.3 Å². The monoisotopic (exact) mass is 418 g/mol. The summed E-state index contributed by atoms with van der Waals surface area (Å²) in [4.78, 5) is 6.16. The Balaban J connectivity index is 2.03. The molecule has 1 aliphatic rings. The summed E-state index contributed by atoms with van der Waals surface area (Å²) in [6, 6.07) is 2.36. The van der Waals surface area contributed by atoms with E-state index in [0.29, 0.717) is 10.7 Å². The Morgan fingerprint density at radius 3 is 2.80 bits per heavy atom. The first-order valence-corrected chi connectivity index (χ1v) is 8.92. The topological polar surface area (TPSA) is 38.1 Å². The second-order valence-corrected chi connectivity index (χ2v) is 8.55. The van der Waals surface area contributed by atoms with Crippen LogP contribution in [0.3, 0.4) is 0 Å². The minimum absolute atomic E-state index is 0.288. The highest BCUT2D eigenvalue weighted by atomic mass is 79.9. The lowest BCUT2D eigenvalue weighted by Gasteiger charge is -2.34. The molecule has 0 spiro atoms. The molecule has 20 heavy (non-hydrogen) atoms. The Labute approximate surface area is 139 Å². The van der Waals surface area contributed by atoms with Gasteiger partial charge in [0.15, 0.2) is 15.4 Å². The third kappa shape index (κ3) is 2.63. The number of nitrogens with one attached hydrogen (secondary N) is 1. The molecule has 0 aromatic carbocycles. The Bertz CT molecular complexity index is 628. The van der Waals surface area contributed by atoms with Gasteiger partial charge < -0.3 is 9.73 Å². The zero-order valence-electron chi connectivity index (χ0n) is 11.6. The van der Waals surface area contributed by atoms with Gasteiger partial charge >= 0.3 is 0 Å². The largest absolute Gasteiger partial charge is 0.446 e. The van der Waals surface area contributed by atoms with E-state index in [2.05, 4.69) is 51.0 Å². The molecule has 2 aromatic heterocycles. The van der Waals surface area contributed by atoms with Crippen LogP contribution in [-0.2, 0) is 6.42 Å². The van der Waals surface area contributed by atoms with Crippen molar-refractivity contribution in [2.24, 2.45) is 5.41 Å². The van der Waals surface area contributed by atoms with Crippen LogP contribution in [0.1, 0.15) is 36.9 Å². The van der Waals surface area contributed by atoms with Crippen molar-refractivity contribution in [1.29, 1.82) is 0 Å². The quantitative estimate of drug-likeness (QED) is 0.730. The molecule has 1 N–H and O–H groups in total. The normalized spacial score (nSPS) is 20.9. The summed E-state index contributed by atoms with van der Waals surface area (Å²) in [7, 11) is 2.02. The minimum Gasteiger partial charge on any atom is -0.446 e. The van der Waals surface area contributed by atoms with E-state index in [0.717, 1.165) is 28.1 Å². The Morgan fingerprint density at radius 2 is 2.20 bits per heavy atom. The van der Waals surface area contributed by atoms with Crippen molar-refractivity contribution in [3.8, 4) is 10.8 Å². The predicted octanol–water partition coefficient (Wildman–Crippen LogP) is 5.16. The second kappa shape index (κ2) is 5.23. The van der Waals surface area contributed by atoms with Crippen molar-refractivity contribution < 1.29 is 4.42 Å². The van der Waals surface area contributed by atoms with Crippen LogP contribution >= 0.6 is 43.2 Å². The van der Waals surface area contributed by atoms with Crippen molar-refractivity contribution in [3.63, 3.8) is 0 Å². The van der Waals surface area contributed by atoms with Crippen molar-refractivity contribution in [2.75, 3.05) is 7.05 Å². The van der Waals surface area contributed by atoms with Crippen molar-refractivity contribution in [3.05, 3.63) is 25.8 Å². The van der Waals surface area contributed by atoms with E-state index in [1.807, 2.05) is 13.1 Å². The molecule has 3 rings (SSSR count). The summed E-state index contributed by atoms with van der Waals surface area (Å²) in [5.41, 5.74) is 1.50. The molecular weight excluding hydrogens is 404 g/mol. The first-order chi connectivity index (χ1) is 9.39. The van der Waals surface area contributed by atoms with Gasteiger partial charge in [0.05, 0.1) is 10.2 Å². The van der Waals surface area contributed by atoms with Crippen molar-refractivity contribution in [1.82, 2.24) is 10.3 Å². The molecule has 1 aliphatic carbocycles. The molecule has 0 aliphatic heterocycles. The molecule has 2 aromatic rings. The first kappa shape index (κ1) is 14.8. The molecule has 0 radical (unpaired) electrons. The maximum atomic E-state index is 5.70. The van der Waals surface area contributed by atoms with E-state index in [-0.39, 0.29) is 5.41 Å². The summed E-state index contributed by atoms with van der Waals surface area (Å²) in [6.45, 7) is 4.61. The summed E-state index contributed by atoms with van der Waals surface area (Å²) in [5.74, 6) is 0.816. The van der Waals surface area contributed by atoms with Gasteiger partial charge in [-0.2, -0.15) is 0 Å². The zero-order chi connectivity index (χ0) is 14.5. The Hall–Kier alpha value is -0.170. The van der Waals surface area contributed by atoms with Gasteiger partial charge in [0, 0.05) is 17.0 Å². The highest BCUT2D eigenvalue weighted by Crippen LogP contribution is 2.45. The number of hydrogen-bond donors (Lipinski definition) is 1. The van der Waals surface area contributed by atoms with E-state index in [1.165, 1.54) is 10.6 Å². The zero-order valence-corrected chi connectivity index (χ0v) is 15.6. The summed E-state index contributed by atoms with van der Waals surface area (Å²) in [5, 5.41) is 4.38. The highest BCUT2D eigenvalue weighted by Gasteiger charge is 2.34. The number of halogens is 2. The number of fused-ring (bicyclic) bond motifs is 1. The molecule has 2 heterocycles. The van der Waals surface area contributed by atoms with Crippen LogP contribution in [0.25, 0.3) is 10.8 Å². The first-order valence-electron chi connectivity index (χ1n) is 6.52. The van der Waals surface area contributed by atoms with E-state index in [9.17, 15) is 0 Å². The number of furan rings is 1. The lowest BCUT2D eigenvalue weighted by Crippen LogP contribution is -2.30. The fraction of sp³-hybridized carbons (Fsp3) is 0.500. The van der Waals surface area contributed by atoms with Crippen LogP contribution in [0.2, 0.25) is 0 Å². The molecule has 6 heteroatoms. The van der Waals surface area contributed by atoms with Gasteiger partial charge in [0.1, 0.15) is 0 Å². The van der Waals surface area contributed by atoms with E-state index in [4.69, 9.17) is 9.40 Å². The van der Waals surface area contributed by atoms with E-state index < -0.39 is 0 Å². The number of aromatic nitrogens is 1. The molecule has 0 amide bonds. The van der Waals surface area contributed by atoms with Crippen LogP contribution in [-0.4, -0.2) is 12.0 Å². The Morgan fingerprint density at radius 1 is 1.45 bits per heavy atom. The van der Waals surface area contributed by atoms with Crippen LogP contribution < -0.4 is 5.32 Å². The van der Waals surface area contributed by atoms with Gasteiger partial charge in [0.2, 0.25) is 0 Å². The van der Waals surface area contributed by atoms with Gasteiger partial charge in [-0.3, -0.25) is 0 Å². The molecule has 1 unspecified atom stereocenters. The fourth-order valence-electron chi connectivity index (χ4n) is 2.72. The molecule has 108 valence electrons. The molecule has 1 atom stereocenters. The van der Waals surface area contributed by atoms with E-state index >= 15 is 0 Å². The van der Waals surface area contributed by atoms with Gasteiger partial charge in [0.25, 0.3) is 0 Å². The number of hydrogen-bond acceptors (Lipinski definition) is 4. The number of rotatable bonds is 2. The highest BCUT2D eigenvalue weighted by molar-refractivity contribution is 9.13. The van der Waals surface area contributed by atoms with E-state index in [1.54, 1.807) is 11.3 Å². The van der Waals surface area contributed by atoms with Crippen LogP contribution in [0.15, 0.2) is 19.6 Å². The van der Waals surface area contributed by atoms with Gasteiger partial charge in [-0.05, 0) is 57.2 Å². The molecule has 3 nitrogen and oxygen atoms in total. The summed E-state index contributed by atoms with van der Waals surface area (Å²) in [6.07, 6.45) is 2.17. The number of nitrogens with zero attached hydrogens (tertiary/aromatic N) is 1. The van der Waals surface area contributed by atoms with Crippen LogP contribution in [0.4, 0.5) is 0 Å². The second-order valence-electron chi connectivity index (χ2n) is 5.95. The third-order valence-electron chi connectivity index (χ3n) is 3.65. The summed E-state index contributed by atoms with van der Waals surface area (Å²) < 4.78 is 7.33. The average Bonchev–Trinajstić information content (AvgIpc) is 2.91. The maximum Gasteiger partial charge on any atom is 0.184 e. The SMILES string of the molecule is CNC1CC(C)(C)Cc2nc(-c3cc(Br)c(Br)o3)sc21. The smallest absolute Gasteiger partial charge is 0.184 e. The maximum absolute atomic E-state index is 5.70. The van der Waals surface area contributed by atoms with Gasteiger partial charge in [-0.1, -0.05) is 13.8 Å². The molecule has 0 bridgehead atoms. The lowest BCUT2D eigenvalue weighted by molar-refractivity contribution is 0.265. The standard InChI is InChI=1S/C14H16Br2N2OS/c1-14(2)5-8(17-3)11-9(6-14)18-13(20-11)10-4-7(15)12(16)19-10/h4,8,17H,5-6H2,1-3H3. The van der Waals surface area contributed by atoms with Crippen LogP contribution in [0.5, 0.6) is 0 Å². The Kier molecular flexibility index (Phi) is 3.86. The average molecular weight is 420 g/mol. The van der Waals surface area contributed by atoms with Crippen LogP contribution in [0, 0.1) is 5.41 Å². The number of thiazole rings is 1. The van der Waals surface area contributed by atoms with Crippen molar-refractivity contribution in [2.45, 2.75) is 32.7 Å². The lowest BCUT2D eigenvalue weighted by atomic mass is 9.76.